The Balaban J connectivity index is 1.31. The van der Waals surface area contributed by atoms with Crippen LogP contribution >= 0.6 is 11.6 Å². The summed E-state index contributed by atoms with van der Waals surface area (Å²) in [5, 5.41) is 5.54. The minimum atomic E-state index is -0.532. The summed E-state index contributed by atoms with van der Waals surface area (Å²) in [4.78, 5) is 39.5. The van der Waals surface area contributed by atoms with Crippen molar-refractivity contribution < 1.29 is 14.3 Å². The van der Waals surface area contributed by atoms with Crippen LogP contribution < -0.4 is 15.5 Å². The zero-order chi connectivity index (χ0) is 29.6. The second-order valence-electron chi connectivity index (χ2n) is 12.3. The average molecular weight is 595 g/mol. The van der Waals surface area contributed by atoms with Crippen LogP contribution in [0.1, 0.15) is 68.5 Å². The molecule has 12 heteroatoms. The minimum Gasteiger partial charge on any atom is -0.444 e. The molecule has 3 aromatic rings. The first-order valence-electron chi connectivity index (χ1n) is 14.8. The van der Waals surface area contributed by atoms with Crippen molar-refractivity contribution in [3.8, 4) is 0 Å². The Kier molecular flexibility index (Phi) is 7.55. The summed E-state index contributed by atoms with van der Waals surface area (Å²) in [6.45, 7) is 10.6. The third-order valence-electron chi connectivity index (χ3n) is 8.20. The van der Waals surface area contributed by atoms with Crippen LogP contribution in [0, 0.1) is 0 Å². The van der Waals surface area contributed by atoms with E-state index in [4.69, 9.17) is 32.2 Å². The second kappa shape index (κ2) is 11.2. The maximum atomic E-state index is 13.7. The number of hydrogen-bond acceptors (Lipinski definition) is 8. The largest absolute Gasteiger partial charge is 0.444 e. The number of piperidine rings is 1. The molecule has 6 rings (SSSR count). The molecule has 0 saturated carbocycles. The maximum Gasteiger partial charge on any atom is 0.410 e. The number of ether oxygens (including phenoxy) is 1. The number of halogens is 1. The zero-order valence-electron chi connectivity index (χ0n) is 24.6. The van der Waals surface area contributed by atoms with Gasteiger partial charge in [0.2, 0.25) is 0 Å². The van der Waals surface area contributed by atoms with Gasteiger partial charge in [-0.15, -0.1) is 0 Å². The van der Waals surface area contributed by atoms with E-state index in [2.05, 4.69) is 15.9 Å². The summed E-state index contributed by atoms with van der Waals surface area (Å²) in [6, 6.07) is 8.93. The van der Waals surface area contributed by atoms with Gasteiger partial charge in [0.1, 0.15) is 17.2 Å². The number of nitrogens with zero attached hydrogens (tertiary/aromatic N) is 7. The second-order valence-corrected chi connectivity index (χ2v) is 12.8. The number of piperazine rings is 1. The van der Waals surface area contributed by atoms with E-state index < -0.39 is 5.60 Å². The quantitative estimate of drug-likeness (QED) is 0.436. The Hall–Kier alpha value is -3.73. The predicted molar refractivity (Wildman–Crippen MR) is 163 cm³/mol. The number of carbonyl (C=O) groups is 2. The van der Waals surface area contributed by atoms with Crippen molar-refractivity contribution in [1.29, 1.82) is 0 Å². The smallest absolute Gasteiger partial charge is 0.410 e. The zero-order valence-corrected chi connectivity index (χ0v) is 25.3. The normalized spacial score (nSPS) is 19.7. The molecule has 0 unspecified atom stereocenters. The van der Waals surface area contributed by atoms with Crippen LogP contribution in [-0.2, 0) is 4.74 Å². The Morgan fingerprint density at radius 3 is 2.40 bits per heavy atom. The van der Waals surface area contributed by atoms with Crippen molar-refractivity contribution >= 4 is 46.6 Å². The van der Waals surface area contributed by atoms with E-state index in [0.717, 1.165) is 61.7 Å². The van der Waals surface area contributed by atoms with Gasteiger partial charge in [-0.1, -0.05) is 11.6 Å². The Labute approximate surface area is 251 Å². The van der Waals surface area contributed by atoms with E-state index in [9.17, 15) is 9.59 Å². The number of anilines is 3. The number of aromatic nitrogens is 3. The topological polar surface area (TPSA) is 113 Å². The van der Waals surface area contributed by atoms with Crippen LogP contribution in [0.5, 0.6) is 0 Å². The lowest BCUT2D eigenvalue weighted by atomic mass is 9.98. The van der Waals surface area contributed by atoms with Gasteiger partial charge in [-0.25, -0.2) is 9.78 Å². The molecule has 0 aliphatic carbocycles. The van der Waals surface area contributed by atoms with E-state index in [-0.39, 0.29) is 18.0 Å². The van der Waals surface area contributed by atoms with Crippen LogP contribution in [0.25, 0.3) is 5.65 Å². The molecule has 42 heavy (non-hydrogen) atoms. The van der Waals surface area contributed by atoms with Crippen LogP contribution in [0.2, 0.25) is 5.02 Å². The lowest BCUT2D eigenvalue weighted by molar-refractivity contribution is 0.0240. The van der Waals surface area contributed by atoms with E-state index in [1.807, 2.05) is 36.3 Å². The minimum absolute atomic E-state index is 0.135. The number of rotatable bonds is 4. The molecule has 1 aromatic carbocycles. The number of amides is 2. The van der Waals surface area contributed by atoms with Crippen molar-refractivity contribution in [1.82, 2.24) is 24.4 Å². The summed E-state index contributed by atoms with van der Waals surface area (Å²) in [5.74, 6) is 1.72. The molecule has 3 aliphatic rings. The van der Waals surface area contributed by atoms with E-state index in [1.54, 1.807) is 23.1 Å². The van der Waals surface area contributed by atoms with E-state index in [0.29, 0.717) is 49.0 Å². The van der Waals surface area contributed by atoms with Gasteiger partial charge >= 0.3 is 6.09 Å². The molecule has 2 aromatic heterocycles. The van der Waals surface area contributed by atoms with Crippen molar-refractivity contribution in [2.75, 3.05) is 61.3 Å². The fourth-order valence-electron chi connectivity index (χ4n) is 5.85. The molecule has 0 radical (unpaired) electrons. The molecule has 3 saturated heterocycles. The van der Waals surface area contributed by atoms with Crippen LogP contribution in [0.3, 0.4) is 0 Å². The molecule has 0 spiro atoms. The molecule has 224 valence electrons. The molecule has 11 nitrogen and oxygen atoms in total. The Bertz CT molecular complexity index is 1490. The monoisotopic (exact) mass is 594 g/mol. The number of carbonyl (C=O) groups excluding carboxylic acids is 2. The maximum absolute atomic E-state index is 13.7. The molecular weight excluding hydrogens is 556 g/mol. The predicted octanol–water partition coefficient (Wildman–Crippen LogP) is 4.60. The number of nitrogens with two attached hydrogens (primary N) is 1. The van der Waals surface area contributed by atoms with Crippen molar-refractivity contribution in [2.45, 2.75) is 58.1 Å². The number of likely N-dealkylation sites (tertiary alicyclic amines) is 1. The summed E-state index contributed by atoms with van der Waals surface area (Å²) in [6.07, 6.45) is 3.58. The van der Waals surface area contributed by atoms with Gasteiger partial charge < -0.3 is 30.1 Å². The molecule has 2 amide bonds. The Morgan fingerprint density at radius 1 is 0.952 bits per heavy atom. The van der Waals surface area contributed by atoms with Gasteiger partial charge in [0, 0.05) is 68.7 Å². The molecular formula is C30H39ClN8O3. The van der Waals surface area contributed by atoms with Gasteiger partial charge in [0.05, 0.1) is 17.3 Å². The first-order chi connectivity index (χ1) is 20.1. The van der Waals surface area contributed by atoms with Crippen LogP contribution in [0.4, 0.5) is 22.1 Å². The van der Waals surface area contributed by atoms with Gasteiger partial charge in [-0.2, -0.15) is 9.61 Å². The van der Waals surface area contributed by atoms with Gasteiger partial charge in [0.15, 0.2) is 5.65 Å². The summed E-state index contributed by atoms with van der Waals surface area (Å²) >= 11 is 6.22. The standard InChI is InChI=1S/C30H39ClN8O3/c1-30(2,3)42-29(41)37-15-13-36(14-16-37)27-19-25(35-10-6-11-35)33-26-18-23(34-39(26)27)24-7-4-5-12-38(24)28(40)21-17-20(31)8-9-22(21)32/h8-9,17-19,24H,4-7,10-16,32H2,1-3H3/t24-/m0/s1. The molecule has 5 heterocycles. The van der Waals surface area contributed by atoms with E-state index >= 15 is 0 Å². The highest BCUT2D eigenvalue weighted by atomic mass is 35.5. The number of fused-ring (bicyclic) bond motifs is 1. The summed E-state index contributed by atoms with van der Waals surface area (Å²) < 4.78 is 7.49. The average Bonchev–Trinajstić information content (AvgIpc) is 3.36. The molecule has 3 aliphatic heterocycles. The third kappa shape index (κ3) is 5.66. The number of nitrogen functional groups attached to an aromatic ring is 1. The highest BCUT2D eigenvalue weighted by Gasteiger charge is 2.33. The van der Waals surface area contributed by atoms with Crippen molar-refractivity contribution in [2.24, 2.45) is 0 Å². The highest BCUT2D eigenvalue weighted by Crippen LogP contribution is 2.35. The molecule has 2 N–H and O–H groups in total. The van der Waals surface area contributed by atoms with Crippen LogP contribution in [-0.4, -0.2) is 87.8 Å². The summed E-state index contributed by atoms with van der Waals surface area (Å²) in [7, 11) is 0. The van der Waals surface area contributed by atoms with Crippen molar-refractivity contribution in [3.05, 3.63) is 46.6 Å². The number of benzene rings is 1. The van der Waals surface area contributed by atoms with Gasteiger partial charge in [0.25, 0.3) is 5.91 Å². The number of hydrogen-bond donors (Lipinski definition) is 1. The summed E-state index contributed by atoms with van der Waals surface area (Å²) in [5.41, 5.74) is 8.05. The van der Waals surface area contributed by atoms with E-state index in [1.165, 1.54) is 0 Å². The fourth-order valence-corrected chi connectivity index (χ4v) is 6.03. The van der Waals surface area contributed by atoms with Gasteiger partial charge in [-0.3, -0.25) is 4.79 Å². The third-order valence-corrected chi connectivity index (χ3v) is 8.44. The van der Waals surface area contributed by atoms with Crippen LogP contribution in [0.15, 0.2) is 30.3 Å². The lowest BCUT2D eigenvalue weighted by Gasteiger charge is -2.37. The first kappa shape index (κ1) is 28.4. The lowest BCUT2D eigenvalue weighted by Crippen LogP contribution is -2.50. The highest BCUT2D eigenvalue weighted by molar-refractivity contribution is 6.31. The fraction of sp³-hybridized carbons (Fsp3) is 0.533. The van der Waals surface area contributed by atoms with Gasteiger partial charge in [-0.05, 0) is 64.7 Å². The first-order valence-corrected chi connectivity index (χ1v) is 15.2. The molecule has 1 atom stereocenters. The Morgan fingerprint density at radius 2 is 1.71 bits per heavy atom. The molecule has 0 bridgehead atoms. The SMILES string of the molecule is CC(C)(C)OC(=O)N1CCN(c2cc(N3CCC3)nc3cc([C@@H]4CCCCN4C(=O)c4cc(Cl)ccc4N)nn23)CC1. The molecule has 3 fully saturated rings. The van der Waals surface area contributed by atoms with Crippen molar-refractivity contribution in [3.63, 3.8) is 0 Å².